The number of nitrogens with two attached hydrogens (primary N) is 1. The molecule has 2 unspecified atom stereocenters. The van der Waals surface area contributed by atoms with E-state index in [1.165, 1.54) is 19.3 Å². The molecule has 116 valence electrons. The molecular formula is C14H31NO3S. The van der Waals surface area contributed by atoms with Gasteiger partial charge in [0.2, 0.25) is 10.0 Å². The van der Waals surface area contributed by atoms with Crippen molar-refractivity contribution in [3.8, 4) is 0 Å². The van der Waals surface area contributed by atoms with E-state index in [1.54, 1.807) is 0 Å². The summed E-state index contributed by atoms with van der Waals surface area (Å²) in [5, 5.41) is 5.11. The average molecular weight is 293 g/mol. The lowest BCUT2D eigenvalue weighted by molar-refractivity contribution is 0.0607. The van der Waals surface area contributed by atoms with Gasteiger partial charge < -0.3 is 4.74 Å². The normalized spacial score (nSPS) is 15.7. The van der Waals surface area contributed by atoms with E-state index < -0.39 is 10.0 Å². The summed E-state index contributed by atoms with van der Waals surface area (Å²) < 4.78 is 28.1. The van der Waals surface area contributed by atoms with Gasteiger partial charge in [-0.15, -0.1) is 0 Å². The highest BCUT2D eigenvalue weighted by Gasteiger charge is 2.20. The Kier molecular flexibility index (Phi) is 9.66. The van der Waals surface area contributed by atoms with E-state index in [1.807, 2.05) is 13.8 Å². The number of unbranched alkanes of at least 4 members (excludes halogenated alkanes) is 1. The Hall–Kier alpha value is -0.130. The molecule has 0 radical (unpaired) electrons. The van der Waals surface area contributed by atoms with Crippen molar-refractivity contribution in [3.05, 3.63) is 0 Å². The molecular weight excluding hydrogens is 262 g/mol. The third-order valence-electron chi connectivity index (χ3n) is 3.62. The molecule has 0 bridgehead atoms. The number of hydrogen-bond donors (Lipinski definition) is 1. The number of sulfonamides is 1. The predicted molar refractivity (Wildman–Crippen MR) is 80.4 cm³/mol. The fourth-order valence-corrected chi connectivity index (χ4v) is 3.09. The topological polar surface area (TPSA) is 69.4 Å². The minimum absolute atomic E-state index is 0.0103. The van der Waals surface area contributed by atoms with Gasteiger partial charge in [-0.05, 0) is 24.2 Å². The van der Waals surface area contributed by atoms with Crippen molar-refractivity contribution in [3.63, 3.8) is 0 Å². The van der Waals surface area contributed by atoms with Crippen molar-refractivity contribution in [2.75, 3.05) is 19.0 Å². The van der Waals surface area contributed by atoms with E-state index in [0.29, 0.717) is 12.5 Å². The maximum atomic E-state index is 11.2. The zero-order valence-electron chi connectivity index (χ0n) is 12.9. The molecule has 0 saturated heterocycles. The van der Waals surface area contributed by atoms with Crippen LogP contribution >= 0.6 is 0 Å². The lowest BCUT2D eigenvalue weighted by Gasteiger charge is -2.21. The van der Waals surface area contributed by atoms with Crippen LogP contribution in [0.3, 0.4) is 0 Å². The number of primary sulfonamides is 1. The minimum Gasteiger partial charge on any atom is -0.381 e. The Labute approximate surface area is 119 Å². The molecule has 0 rings (SSSR count). The quantitative estimate of drug-likeness (QED) is 0.637. The molecule has 0 spiro atoms. The van der Waals surface area contributed by atoms with Crippen LogP contribution in [0.25, 0.3) is 0 Å². The standard InChI is InChI=1S/C14H31NO3S/c1-5-7-8-13(6-2)9-18-10-14(12(3)4)11-19(15,16)17/h12-14H,5-11H2,1-4H3,(H2,15,16,17). The summed E-state index contributed by atoms with van der Waals surface area (Å²) in [7, 11) is -3.42. The van der Waals surface area contributed by atoms with E-state index in [2.05, 4.69) is 13.8 Å². The van der Waals surface area contributed by atoms with Crippen LogP contribution in [0.2, 0.25) is 0 Å². The van der Waals surface area contributed by atoms with Gasteiger partial charge in [-0.1, -0.05) is 47.0 Å². The van der Waals surface area contributed by atoms with Crippen LogP contribution in [0.1, 0.15) is 53.4 Å². The predicted octanol–water partition coefficient (Wildman–Crippen LogP) is 2.78. The molecule has 2 N–H and O–H groups in total. The molecule has 4 nitrogen and oxygen atoms in total. The monoisotopic (exact) mass is 293 g/mol. The Morgan fingerprint density at radius 2 is 1.79 bits per heavy atom. The van der Waals surface area contributed by atoms with Crippen LogP contribution < -0.4 is 5.14 Å². The molecule has 0 aliphatic heterocycles. The molecule has 0 aromatic rings. The summed E-state index contributed by atoms with van der Waals surface area (Å²) in [4.78, 5) is 0. The van der Waals surface area contributed by atoms with Gasteiger partial charge in [-0.2, -0.15) is 0 Å². The van der Waals surface area contributed by atoms with Crippen molar-refractivity contribution >= 4 is 10.0 Å². The van der Waals surface area contributed by atoms with Crippen molar-refractivity contribution in [1.82, 2.24) is 0 Å². The van der Waals surface area contributed by atoms with Crippen LogP contribution in [0.4, 0.5) is 0 Å². The Bertz CT molecular complexity index is 315. The Morgan fingerprint density at radius 1 is 1.16 bits per heavy atom. The van der Waals surface area contributed by atoms with Gasteiger partial charge in [0.25, 0.3) is 0 Å². The highest BCUT2D eigenvalue weighted by molar-refractivity contribution is 7.89. The van der Waals surface area contributed by atoms with E-state index >= 15 is 0 Å². The smallest absolute Gasteiger partial charge is 0.209 e. The van der Waals surface area contributed by atoms with Crippen LogP contribution in [0.5, 0.6) is 0 Å². The Balaban J connectivity index is 4.11. The fourth-order valence-electron chi connectivity index (χ4n) is 2.02. The molecule has 0 heterocycles. The summed E-state index contributed by atoms with van der Waals surface area (Å²) in [6.45, 7) is 9.59. The third-order valence-corrected chi connectivity index (χ3v) is 4.51. The molecule has 0 fully saturated rings. The first kappa shape index (κ1) is 18.9. The molecule has 0 saturated carbocycles. The second-order valence-electron chi connectivity index (χ2n) is 5.79. The molecule has 0 aromatic heterocycles. The number of rotatable bonds is 11. The third kappa shape index (κ3) is 10.3. The van der Waals surface area contributed by atoms with E-state index in [4.69, 9.17) is 9.88 Å². The van der Waals surface area contributed by atoms with E-state index in [9.17, 15) is 8.42 Å². The summed E-state index contributed by atoms with van der Waals surface area (Å²) in [5.41, 5.74) is 0. The van der Waals surface area contributed by atoms with Gasteiger partial charge in [0.1, 0.15) is 0 Å². The van der Waals surface area contributed by atoms with Crippen molar-refractivity contribution in [2.24, 2.45) is 22.9 Å². The van der Waals surface area contributed by atoms with Crippen LogP contribution in [-0.4, -0.2) is 27.4 Å². The second kappa shape index (κ2) is 9.72. The highest BCUT2D eigenvalue weighted by Crippen LogP contribution is 2.16. The molecule has 2 atom stereocenters. The summed E-state index contributed by atoms with van der Waals surface area (Å²) in [6.07, 6.45) is 4.74. The molecule has 0 aliphatic carbocycles. The lowest BCUT2D eigenvalue weighted by atomic mass is 9.98. The first-order valence-electron chi connectivity index (χ1n) is 7.38. The van der Waals surface area contributed by atoms with Crippen molar-refractivity contribution in [2.45, 2.75) is 53.4 Å². The van der Waals surface area contributed by atoms with Gasteiger partial charge in [-0.25, -0.2) is 13.6 Å². The first-order valence-corrected chi connectivity index (χ1v) is 9.09. The van der Waals surface area contributed by atoms with E-state index in [-0.39, 0.29) is 17.6 Å². The van der Waals surface area contributed by atoms with Gasteiger partial charge in [0.05, 0.1) is 12.4 Å². The van der Waals surface area contributed by atoms with Crippen LogP contribution in [0, 0.1) is 17.8 Å². The molecule has 0 aliphatic rings. The number of hydrogen-bond acceptors (Lipinski definition) is 3. The largest absolute Gasteiger partial charge is 0.381 e. The lowest BCUT2D eigenvalue weighted by Crippen LogP contribution is -2.30. The average Bonchev–Trinajstić information content (AvgIpc) is 2.30. The summed E-state index contributed by atoms with van der Waals surface area (Å²) in [6, 6.07) is 0. The summed E-state index contributed by atoms with van der Waals surface area (Å²) >= 11 is 0. The maximum absolute atomic E-state index is 11.2. The summed E-state index contributed by atoms with van der Waals surface area (Å²) in [5.74, 6) is 0.839. The van der Waals surface area contributed by atoms with Crippen molar-refractivity contribution < 1.29 is 13.2 Å². The van der Waals surface area contributed by atoms with Gasteiger partial charge >= 0.3 is 0 Å². The zero-order valence-corrected chi connectivity index (χ0v) is 13.7. The van der Waals surface area contributed by atoms with Crippen LogP contribution in [-0.2, 0) is 14.8 Å². The Morgan fingerprint density at radius 3 is 2.21 bits per heavy atom. The highest BCUT2D eigenvalue weighted by atomic mass is 32.2. The van der Waals surface area contributed by atoms with Gasteiger partial charge in [0, 0.05) is 6.61 Å². The first-order chi connectivity index (χ1) is 8.80. The second-order valence-corrected chi connectivity index (χ2v) is 7.45. The SMILES string of the molecule is CCCCC(CC)COCC(CS(N)(=O)=O)C(C)C. The zero-order chi connectivity index (χ0) is 14.9. The maximum Gasteiger partial charge on any atom is 0.209 e. The molecule has 19 heavy (non-hydrogen) atoms. The molecule has 0 amide bonds. The van der Waals surface area contributed by atoms with E-state index in [0.717, 1.165) is 13.0 Å². The van der Waals surface area contributed by atoms with Gasteiger partial charge in [-0.3, -0.25) is 0 Å². The van der Waals surface area contributed by atoms with Crippen molar-refractivity contribution in [1.29, 1.82) is 0 Å². The molecule has 0 aromatic carbocycles. The fraction of sp³-hybridized carbons (Fsp3) is 1.00. The van der Waals surface area contributed by atoms with Crippen LogP contribution in [0.15, 0.2) is 0 Å². The van der Waals surface area contributed by atoms with Gasteiger partial charge in [0.15, 0.2) is 0 Å². The number of ether oxygens (including phenoxy) is 1. The molecule has 5 heteroatoms. The minimum atomic E-state index is -3.42.